The molecule has 240 valence electrons. The first kappa shape index (κ1) is 33.6. The normalized spacial score (nSPS) is 11.4. The summed E-state index contributed by atoms with van der Waals surface area (Å²) >= 11 is 18.9. The van der Waals surface area contributed by atoms with E-state index in [4.69, 9.17) is 39.8 Å². The van der Waals surface area contributed by atoms with E-state index in [1.54, 1.807) is 42.5 Å². The lowest BCUT2D eigenvalue weighted by Gasteiger charge is -2.20. The quantitative estimate of drug-likeness (QED) is 0.149. The summed E-state index contributed by atoms with van der Waals surface area (Å²) in [6.07, 6.45) is -3.11. The number of hydrogen-bond acceptors (Lipinski definition) is 6. The van der Waals surface area contributed by atoms with Crippen LogP contribution in [-0.2, 0) is 16.1 Å². The minimum atomic E-state index is -5.21. The van der Waals surface area contributed by atoms with Gasteiger partial charge >= 0.3 is 12.1 Å². The van der Waals surface area contributed by atoms with Gasteiger partial charge in [0.2, 0.25) is 18.3 Å². The standard InChI is InChI=1S/C32H20Cl3F3N4O5/c1-16(43)26-28(39-17(2)44)24-14-23(19-3-5-20(33)6-4-19)27(22-8-7-21(34)13-25(22)35)40-29(24)42(30(26)45)15-18-9-11-41(12-10-18)47-31(46)32(36,37)38/h3-14H,15H2,1-2H3/p+1. The third-order valence-electron chi connectivity index (χ3n) is 6.86. The summed E-state index contributed by atoms with van der Waals surface area (Å²) < 4.78 is 39.7. The largest absolute Gasteiger partial charge is 0.498 e. The summed E-state index contributed by atoms with van der Waals surface area (Å²) in [4.78, 5) is 59.7. The van der Waals surface area contributed by atoms with Crippen LogP contribution in [0.15, 0.2) is 77.9 Å². The van der Waals surface area contributed by atoms with Crippen molar-refractivity contribution < 1.29 is 37.1 Å². The number of carbonyl (C=O) groups excluding carboxylic acids is 3. The molecule has 1 N–H and O–H groups in total. The Labute approximate surface area is 279 Å². The van der Waals surface area contributed by atoms with Crippen molar-refractivity contribution in [1.82, 2.24) is 9.55 Å². The summed E-state index contributed by atoms with van der Waals surface area (Å²) in [5, 5.41) is 3.93. The van der Waals surface area contributed by atoms with E-state index in [-0.39, 0.29) is 33.9 Å². The molecule has 0 bridgehead atoms. The Morgan fingerprint density at radius 2 is 1.55 bits per heavy atom. The van der Waals surface area contributed by atoms with Gasteiger partial charge < -0.3 is 5.32 Å². The number of Topliss-reactive ketones (excluding diaryl/α,β-unsaturated/α-hetero) is 1. The molecule has 2 aromatic carbocycles. The molecule has 0 aliphatic rings. The van der Waals surface area contributed by atoms with Crippen LogP contribution in [0.5, 0.6) is 0 Å². The maximum Gasteiger partial charge on any atom is 0.498 e. The second-order valence-electron chi connectivity index (χ2n) is 10.2. The number of anilines is 1. The number of alkyl halides is 3. The third kappa shape index (κ3) is 7.14. The lowest BCUT2D eigenvalue weighted by atomic mass is 9.96. The van der Waals surface area contributed by atoms with Crippen molar-refractivity contribution in [1.29, 1.82) is 0 Å². The molecule has 5 rings (SSSR count). The number of nitrogens with zero attached hydrogens (tertiary/aromatic N) is 3. The molecule has 5 aromatic rings. The van der Waals surface area contributed by atoms with Crippen molar-refractivity contribution in [3.05, 3.63) is 110 Å². The molecular weight excluding hydrogens is 684 g/mol. The van der Waals surface area contributed by atoms with Crippen LogP contribution in [0, 0.1) is 0 Å². The molecular formula is C32H21Cl3F3N4O5+. The first-order valence-electron chi connectivity index (χ1n) is 13.5. The van der Waals surface area contributed by atoms with Gasteiger partial charge in [-0.25, -0.2) is 9.78 Å². The number of carbonyl (C=O) groups is 3. The maximum atomic E-state index is 14.0. The van der Waals surface area contributed by atoms with Crippen LogP contribution in [0.2, 0.25) is 15.1 Å². The SMILES string of the molecule is CC(=O)Nc1c(C(C)=O)c(=O)n(Cc2cc[n+](OC(=O)C(F)(F)F)cc2)c2nc(-c3ccc(Cl)cc3Cl)c(-c3ccc(Cl)cc3)cc12. The lowest BCUT2D eigenvalue weighted by Crippen LogP contribution is -2.49. The summed E-state index contributed by atoms with van der Waals surface area (Å²) in [7, 11) is 0. The summed E-state index contributed by atoms with van der Waals surface area (Å²) in [6, 6.07) is 15.9. The maximum absolute atomic E-state index is 14.0. The molecule has 3 aromatic heterocycles. The second kappa shape index (κ2) is 13.1. The monoisotopic (exact) mass is 703 g/mol. The van der Waals surface area contributed by atoms with Crippen LogP contribution in [0.25, 0.3) is 33.4 Å². The number of pyridine rings is 3. The Balaban J connectivity index is 1.80. The fraction of sp³-hybridized carbons (Fsp3) is 0.125. The van der Waals surface area contributed by atoms with Crippen molar-refractivity contribution >= 4 is 69.2 Å². The van der Waals surface area contributed by atoms with Gasteiger partial charge in [-0.1, -0.05) is 46.9 Å². The van der Waals surface area contributed by atoms with Gasteiger partial charge in [-0.2, -0.15) is 18.0 Å². The number of amides is 1. The van der Waals surface area contributed by atoms with Gasteiger partial charge in [-0.3, -0.25) is 19.0 Å². The number of ketones is 1. The highest BCUT2D eigenvalue weighted by Gasteiger charge is 2.44. The number of nitrogens with one attached hydrogen (secondary N) is 1. The van der Waals surface area contributed by atoms with Gasteiger partial charge in [0.05, 0.1) is 22.9 Å². The summed E-state index contributed by atoms with van der Waals surface area (Å²) in [5.74, 6) is -3.62. The van der Waals surface area contributed by atoms with E-state index in [0.717, 1.165) is 12.4 Å². The third-order valence-corrected chi connectivity index (χ3v) is 7.66. The Morgan fingerprint density at radius 3 is 2.13 bits per heavy atom. The number of rotatable bonds is 7. The van der Waals surface area contributed by atoms with Crippen LogP contribution < -0.4 is 20.4 Å². The van der Waals surface area contributed by atoms with Crippen molar-refractivity contribution in [2.45, 2.75) is 26.6 Å². The van der Waals surface area contributed by atoms with Gasteiger partial charge in [0.1, 0.15) is 11.2 Å². The van der Waals surface area contributed by atoms with E-state index in [2.05, 4.69) is 10.2 Å². The van der Waals surface area contributed by atoms with Crippen molar-refractivity contribution in [2.24, 2.45) is 0 Å². The van der Waals surface area contributed by atoms with E-state index >= 15 is 0 Å². The molecule has 0 saturated heterocycles. The topological polar surface area (TPSA) is 111 Å². The highest BCUT2D eigenvalue weighted by atomic mass is 35.5. The lowest BCUT2D eigenvalue weighted by molar-refractivity contribution is -0.871. The number of halogens is 6. The minimum absolute atomic E-state index is 0.0442. The van der Waals surface area contributed by atoms with Crippen molar-refractivity contribution in [3.8, 4) is 22.4 Å². The average molecular weight is 705 g/mol. The average Bonchev–Trinajstić information content (AvgIpc) is 2.99. The number of fused-ring (bicyclic) bond motifs is 1. The molecule has 1 amide bonds. The van der Waals surface area contributed by atoms with Crippen LogP contribution in [0.4, 0.5) is 18.9 Å². The molecule has 0 unspecified atom stereocenters. The number of benzene rings is 2. The number of aromatic nitrogens is 3. The van der Waals surface area contributed by atoms with E-state index in [0.29, 0.717) is 42.7 Å². The molecule has 0 aliphatic heterocycles. The van der Waals surface area contributed by atoms with Crippen LogP contribution >= 0.6 is 34.8 Å². The van der Waals surface area contributed by atoms with E-state index < -0.39 is 29.4 Å². The molecule has 0 spiro atoms. The summed E-state index contributed by atoms with van der Waals surface area (Å²) in [5.41, 5.74) is 1.16. The zero-order valence-electron chi connectivity index (χ0n) is 24.3. The highest BCUT2D eigenvalue weighted by molar-refractivity contribution is 6.36. The van der Waals surface area contributed by atoms with E-state index in [1.165, 1.54) is 36.6 Å². The Morgan fingerprint density at radius 1 is 0.915 bits per heavy atom. The van der Waals surface area contributed by atoms with Crippen LogP contribution in [0.3, 0.4) is 0 Å². The van der Waals surface area contributed by atoms with Crippen molar-refractivity contribution in [3.63, 3.8) is 0 Å². The Bertz CT molecular complexity index is 2140. The number of hydrogen-bond donors (Lipinski definition) is 1. The molecule has 0 fully saturated rings. The minimum Gasteiger partial charge on any atom is -0.325 e. The van der Waals surface area contributed by atoms with E-state index in [9.17, 15) is 32.3 Å². The van der Waals surface area contributed by atoms with Gasteiger partial charge in [0, 0.05) is 50.3 Å². The molecule has 9 nitrogen and oxygen atoms in total. The molecule has 0 aliphatic carbocycles. The molecule has 15 heteroatoms. The molecule has 0 atom stereocenters. The first-order chi connectivity index (χ1) is 22.1. The fourth-order valence-electron chi connectivity index (χ4n) is 4.82. The predicted molar refractivity (Wildman–Crippen MR) is 170 cm³/mol. The Hall–Kier alpha value is -4.78. The van der Waals surface area contributed by atoms with Gasteiger partial charge in [0.15, 0.2) is 5.78 Å². The van der Waals surface area contributed by atoms with Crippen LogP contribution in [0.1, 0.15) is 29.8 Å². The molecule has 0 radical (unpaired) electrons. The van der Waals surface area contributed by atoms with Crippen molar-refractivity contribution in [2.75, 3.05) is 5.32 Å². The van der Waals surface area contributed by atoms with Gasteiger partial charge in [-0.15, -0.1) is 0 Å². The zero-order chi connectivity index (χ0) is 34.2. The fourth-order valence-corrected chi connectivity index (χ4v) is 5.45. The second-order valence-corrected chi connectivity index (χ2v) is 11.5. The zero-order valence-corrected chi connectivity index (χ0v) is 26.6. The van der Waals surface area contributed by atoms with Gasteiger partial charge in [-0.05, 0) is 54.4 Å². The molecule has 47 heavy (non-hydrogen) atoms. The van der Waals surface area contributed by atoms with Crippen LogP contribution in [-0.4, -0.2) is 33.4 Å². The smallest absolute Gasteiger partial charge is 0.325 e. The highest BCUT2D eigenvalue weighted by Crippen LogP contribution is 2.40. The van der Waals surface area contributed by atoms with E-state index in [1.807, 2.05) is 0 Å². The van der Waals surface area contributed by atoms with Gasteiger partial charge in [0.25, 0.3) is 5.56 Å². The predicted octanol–water partition coefficient (Wildman–Crippen LogP) is 6.71. The molecule has 3 heterocycles. The molecule has 0 saturated carbocycles. The Kier molecular flexibility index (Phi) is 9.39. The first-order valence-corrected chi connectivity index (χ1v) is 14.7. The summed E-state index contributed by atoms with van der Waals surface area (Å²) in [6.45, 7) is 2.17.